The maximum absolute atomic E-state index is 13.3. The van der Waals surface area contributed by atoms with Gasteiger partial charge in [-0.1, -0.05) is 18.2 Å². The molecule has 3 aromatic carbocycles. The first kappa shape index (κ1) is 29.2. The van der Waals surface area contributed by atoms with Crippen LogP contribution in [0.2, 0.25) is 0 Å². The van der Waals surface area contributed by atoms with E-state index < -0.39 is 23.5 Å². The first-order valence-electron chi connectivity index (χ1n) is 12.3. The van der Waals surface area contributed by atoms with Crippen molar-refractivity contribution < 1.29 is 32.6 Å². The SMILES string of the molecule is COc1cc(CN(CCNC(=O)OC(C)(C)C)C(=O)Nc2ccc(F)cc2)ccc1OCc1ccc(F)cc1. The summed E-state index contributed by atoms with van der Waals surface area (Å²) < 4.78 is 43.0. The minimum Gasteiger partial charge on any atom is -0.493 e. The average Bonchev–Trinajstić information content (AvgIpc) is 2.88. The summed E-state index contributed by atoms with van der Waals surface area (Å²) in [6, 6.07) is 16.3. The molecular weight excluding hydrogens is 508 g/mol. The number of ether oxygens (including phenoxy) is 3. The van der Waals surface area contributed by atoms with Gasteiger partial charge in [-0.15, -0.1) is 0 Å². The zero-order valence-corrected chi connectivity index (χ0v) is 22.4. The van der Waals surface area contributed by atoms with Gasteiger partial charge >= 0.3 is 12.1 Å². The maximum Gasteiger partial charge on any atom is 0.407 e. The van der Waals surface area contributed by atoms with Crippen LogP contribution in [0.25, 0.3) is 0 Å². The number of halogens is 2. The minimum atomic E-state index is -0.652. The highest BCUT2D eigenvalue weighted by Crippen LogP contribution is 2.29. The second-order valence-electron chi connectivity index (χ2n) is 9.69. The highest BCUT2D eigenvalue weighted by molar-refractivity contribution is 5.89. The number of urea groups is 1. The standard InChI is InChI=1S/C29H33F2N3O5/c1-29(2,3)39-28(36)32-15-16-34(27(35)33-24-12-10-23(31)11-13-24)18-21-7-14-25(26(17-21)37-4)38-19-20-5-8-22(30)9-6-20/h5-14,17H,15-16,18-19H2,1-4H3,(H,32,36)(H,33,35). The van der Waals surface area contributed by atoms with E-state index in [1.54, 1.807) is 51.1 Å². The third kappa shape index (κ3) is 9.81. The van der Waals surface area contributed by atoms with Gasteiger partial charge in [0.1, 0.15) is 23.8 Å². The third-order valence-electron chi connectivity index (χ3n) is 5.34. The fraction of sp³-hybridized carbons (Fsp3) is 0.310. The molecule has 0 unspecified atom stereocenters. The molecule has 0 aliphatic heterocycles. The first-order valence-corrected chi connectivity index (χ1v) is 12.3. The fourth-order valence-electron chi connectivity index (χ4n) is 3.49. The Morgan fingerprint density at radius 1 is 0.872 bits per heavy atom. The molecular formula is C29H33F2N3O5. The normalized spacial score (nSPS) is 10.9. The van der Waals surface area contributed by atoms with E-state index >= 15 is 0 Å². The van der Waals surface area contributed by atoms with E-state index in [4.69, 9.17) is 14.2 Å². The Morgan fingerprint density at radius 2 is 1.49 bits per heavy atom. The molecule has 0 aliphatic rings. The number of benzene rings is 3. The monoisotopic (exact) mass is 541 g/mol. The van der Waals surface area contributed by atoms with Crippen LogP contribution in [0.4, 0.5) is 24.1 Å². The van der Waals surface area contributed by atoms with E-state index in [9.17, 15) is 18.4 Å². The molecule has 0 aromatic heterocycles. The molecule has 3 rings (SSSR count). The Labute approximate surface area is 226 Å². The molecule has 3 amide bonds. The Morgan fingerprint density at radius 3 is 2.10 bits per heavy atom. The van der Waals surface area contributed by atoms with Crippen molar-refractivity contribution in [3.05, 3.63) is 89.5 Å². The quantitative estimate of drug-likeness (QED) is 0.323. The molecule has 0 spiro atoms. The van der Waals surface area contributed by atoms with Gasteiger partial charge in [0.15, 0.2) is 11.5 Å². The number of amides is 3. The molecule has 0 bridgehead atoms. The Kier molecular flexibility index (Phi) is 10.1. The van der Waals surface area contributed by atoms with E-state index in [0.29, 0.717) is 17.2 Å². The smallest absolute Gasteiger partial charge is 0.407 e. The van der Waals surface area contributed by atoms with Crippen LogP contribution < -0.4 is 20.1 Å². The molecule has 3 aromatic rings. The van der Waals surface area contributed by atoms with E-state index in [2.05, 4.69) is 10.6 Å². The van der Waals surface area contributed by atoms with Crippen molar-refractivity contribution >= 4 is 17.8 Å². The number of hydrogen-bond donors (Lipinski definition) is 2. The Bertz CT molecular complexity index is 1250. The van der Waals surface area contributed by atoms with Gasteiger partial charge in [0.2, 0.25) is 0 Å². The third-order valence-corrected chi connectivity index (χ3v) is 5.34. The summed E-state index contributed by atoms with van der Waals surface area (Å²) in [5, 5.41) is 5.39. The largest absolute Gasteiger partial charge is 0.493 e. The number of nitrogens with one attached hydrogen (secondary N) is 2. The number of rotatable bonds is 10. The lowest BCUT2D eigenvalue weighted by Gasteiger charge is -2.25. The van der Waals surface area contributed by atoms with Crippen LogP contribution in [-0.2, 0) is 17.9 Å². The zero-order chi connectivity index (χ0) is 28.4. The van der Waals surface area contributed by atoms with Crippen molar-refractivity contribution in [1.82, 2.24) is 10.2 Å². The fourth-order valence-corrected chi connectivity index (χ4v) is 3.49. The molecule has 0 atom stereocenters. The van der Waals surface area contributed by atoms with Gasteiger partial charge < -0.3 is 29.7 Å². The average molecular weight is 542 g/mol. The Hall–Kier alpha value is -4.34. The lowest BCUT2D eigenvalue weighted by Crippen LogP contribution is -2.41. The van der Waals surface area contributed by atoms with Crippen molar-refractivity contribution in [1.29, 1.82) is 0 Å². The van der Waals surface area contributed by atoms with Crippen LogP contribution in [0.1, 0.15) is 31.9 Å². The number of alkyl carbamates (subject to hydrolysis) is 1. The summed E-state index contributed by atoms with van der Waals surface area (Å²) in [4.78, 5) is 26.7. The van der Waals surface area contributed by atoms with E-state index in [0.717, 1.165) is 11.1 Å². The second-order valence-corrected chi connectivity index (χ2v) is 9.69. The van der Waals surface area contributed by atoms with Crippen molar-refractivity contribution in [3.8, 4) is 11.5 Å². The van der Waals surface area contributed by atoms with Crippen molar-refractivity contribution in [2.75, 3.05) is 25.5 Å². The molecule has 0 aliphatic carbocycles. The molecule has 8 nitrogen and oxygen atoms in total. The first-order chi connectivity index (χ1) is 18.5. The van der Waals surface area contributed by atoms with Crippen LogP contribution >= 0.6 is 0 Å². The molecule has 0 saturated heterocycles. The van der Waals surface area contributed by atoms with Gasteiger partial charge in [-0.3, -0.25) is 0 Å². The van der Waals surface area contributed by atoms with Crippen LogP contribution in [0, 0.1) is 11.6 Å². The van der Waals surface area contributed by atoms with Gasteiger partial charge in [-0.05, 0) is 80.4 Å². The van der Waals surface area contributed by atoms with Crippen molar-refractivity contribution in [2.45, 2.75) is 39.5 Å². The molecule has 0 heterocycles. The van der Waals surface area contributed by atoms with Crippen LogP contribution in [0.3, 0.4) is 0 Å². The highest BCUT2D eigenvalue weighted by Gasteiger charge is 2.19. The summed E-state index contributed by atoms with van der Waals surface area (Å²) in [7, 11) is 1.51. The molecule has 0 fully saturated rings. The van der Waals surface area contributed by atoms with Crippen molar-refractivity contribution in [3.63, 3.8) is 0 Å². The summed E-state index contributed by atoms with van der Waals surface area (Å²) in [6.45, 7) is 5.98. The molecule has 2 N–H and O–H groups in total. The van der Waals surface area contributed by atoms with E-state index in [1.165, 1.54) is 48.4 Å². The van der Waals surface area contributed by atoms with Crippen LogP contribution in [-0.4, -0.2) is 42.8 Å². The lowest BCUT2D eigenvalue weighted by molar-refractivity contribution is 0.0523. The predicted octanol–water partition coefficient (Wildman–Crippen LogP) is 6.11. The van der Waals surface area contributed by atoms with Crippen LogP contribution in [0.15, 0.2) is 66.7 Å². The molecule has 0 radical (unpaired) electrons. The molecule has 0 saturated carbocycles. The van der Waals surface area contributed by atoms with Crippen LogP contribution in [0.5, 0.6) is 11.5 Å². The highest BCUT2D eigenvalue weighted by atomic mass is 19.1. The van der Waals surface area contributed by atoms with Gasteiger partial charge in [-0.2, -0.15) is 0 Å². The summed E-state index contributed by atoms with van der Waals surface area (Å²) >= 11 is 0. The summed E-state index contributed by atoms with van der Waals surface area (Å²) in [6.07, 6.45) is -0.592. The predicted molar refractivity (Wildman–Crippen MR) is 144 cm³/mol. The number of nitrogens with zero attached hydrogens (tertiary/aromatic N) is 1. The molecule has 10 heteroatoms. The topological polar surface area (TPSA) is 89.1 Å². The number of anilines is 1. The second kappa shape index (κ2) is 13.5. The lowest BCUT2D eigenvalue weighted by atomic mass is 10.2. The van der Waals surface area contributed by atoms with Gasteiger partial charge in [0, 0.05) is 25.3 Å². The van der Waals surface area contributed by atoms with Gasteiger partial charge in [-0.25, -0.2) is 18.4 Å². The number of carbonyl (C=O) groups is 2. The number of hydrogen-bond acceptors (Lipinski definition) is 5. The van der Waals surface area contributed by atoms with Crippen molar-refractivity contribution in [2.24, 2.45) is 0 Å². The number of carbonyl (C=O) groups excluding carboxylic acids is 2. The van der Waals surface area contributed by atoms with Gasteiger partial charge in [0.05, 0.1) is 7.11 Å². The minimum absolute atomic E-state index is 0.141. The van der Waals surface area contributed by atoms with E-state index in [-0.39, 0.29) is 32.1 Å². The van der Waals surface area contributed by atoms with E-state index in [1.807, 2.05) is 0 Å². The maximum atomic E-state index is 13.3. The number of methoxy groups -OCH3 is 1. The zero-order valence-electron chi connectivity index (χ0n) is 22.4. The van der Waals surface area contributed by atoms with Gasteiger partial charge in [0.25, 0.3) is 0 Å². The summed E-state index contributed by atoms with van der Waals surface area (Å²) in [5.41, 5.74) is 1.31. The Balaban J connectivity index is 1.70. The molecule has 208 valence electrons. The summed E-state index contributed by atoms with van der Waals surface area (Å²) in [5.74, 6) is 0.204. The molecule has 39 heavy (non-hydrogen) atoms.